The van der Waals surface area contributed by atoms with Crippen molar-refractivity contribution < 1.29 is 14.3 Å². The predicted molar refractivity (Wildman–Crippen MR) is 69.4 cm³/mol. The van der Waals surface area contributed by atoms with E-state index in [4.69, 9.17) is 4.74 Å². The molecule has 0 aliphatic carbocycles. The van der Waals surface area contributed by atoms with Crippen molar-refractivity contribution in [3.05, 3.63) is 24.0 Å². The Bertz CT molecular complexity index is 494. The highest BCUT2D eigenvalue weighted by Gasteiger charge is 2.44. The van der Waals surface area contributed by atoms with Gasteiger partial charge in [0.05, 0.1) is 30.5 Å². The Hall–Kier alpha value is -1.91. The van der Waals surface area contributed by atoms with Gasteiger partial charge in [-0.25, -0.2) is 0 Å². The molecule has 5 nitrogen and oxygen atoms in total. The van der Waals surface area contributed by atoms with Gasteiger partial charge in [0.15, 0.2) is 0 Å². The summed E-state index contributed by atoms with van der Waals surface area (Å²) in [4.78, 5) is 29.4. The largest absolute Gasteiger partial charge is 0.492 e. The van der Waals surface area contributed by atoms with E-state index in [0.717, 1.165) is 0 Å². The fourth-order valence-corrected chi connectivity index (χ4v) is 2.11. The SMILES string of the molecule is CCOc1ccc(CN2C(=O)CC(C)(C)C2=O)nc1. The van der Waals surface area contributed by atoms with Crippen LogP contribution in [0.5, 0.6) is 5.75 Å². The van der Waals surface area contributed by atoms with Crippen LogP contribution < -0.4 is 4.74 Å². The monoisotopic (exact) mass is 262 g/mol. The quantitative estimate of drug-likeness (QED) is 0.776. The molecule has 102 valence electrons. The number of carbonyl (C=O) groups is 2. The first-order valence-electron chi connectivity index (χ1n) is 6.36. The first kappa shape index (κ1) is 13.5. The Morgan fingerprint density at radius 2 is 2.11 bits per heavy atom. The fourth-order valence-electron chi connectivity index (χ4n) is 2.11. The van der Waals surface area contributed by atoms with Gasteiger partial charge in [0, 0.05) is 6.42 Å². The Labute approximate surface area is 112 Å². The van der Waals surface area contributed by atoms with Crippen LogP contribution in [0.1, 0.15) is 32.9 Å². The minimum absolute atomic E-state index is 0.131. The summed E-state index contributed by atoms with van der Waals surface area (Å²) in [5, 5.41) is 0. The third kappa shape index (κ3) is 2.75. The number of pyridine rings is 1. The number of aromatic nitrogens is 1. The second-order valence-electron chi connectivity index (χ2n) is 5.26. The Kier molecular flexibility index (Phi) is 3.55. The van der Waals surface area contributed by atoms with Crippen LogP contribution in [-0.4, -0.2) is 28.3 Å². The van der Waals surface area contributed by atoms with Crippen molar-refractivity contribution >= 4 is 11.8 Å². The number of imide groups is 1. The maximum atomic E-state index is 12.1. The molecule has 2 heterocycles. The molecule has 0 spiro atoms. The number of amides is 2. The lowest BCUT2D eigenvalue weighted by molar-refractivity contribution is -0.141. The molecular formula is C14H18N2O3. The van der Waals surface area contributed by atoms with Gasteiger partial charge in [-0.1, -0.05) is 13.8 Å². The Morgan fingerprint density at radius 1 is 1.37 bits per heavy atom. The normalized spacial score (nSPS) is 17.9. The number of likely N-dealkylation sites (tertiary alicyclic amines) is 1. The lowest BCUT2D eigenvalue weighted by Crippen LogP contribution is -2.32. The van der Waals surface area contributed by atoms with Gasteiger partial charge in [0.25, 0.3) is 0 Å². The Balaban J connectivity index is 2.09. The van der Waals surface area contributed by atoms with E-state index in [-0.39, 0.29) is 24.8 Å². The van der Waals surface area contributed by atoms with Crippen molar-refractivity contribution in [3.63, 3.8) is 0 Å². The van der Waals surface area contributed by atoms with Crippen molar-refractivity contribution in [3.8, 4) is 5.75 Å². The Morgan fingerprint density at radius 3 is 2.58 bits per heavy atom. The van der Waals surface area contributed by atoms with Crippen molar-refractivity contribution in [1.82, 2.24) is 9.88 Å². The molecule has 5 heteroatoms. The number of hydrogen-bond acceptors (Lipinski definition) is 4. The molecule has 0 radical (unpaired) electrons. The zero-order valence-electron chi connectivity index (χ0n) is 11.5. The zero-order chi connectivity index (χ0) is 14.0. The maximum absolute atomic E-state index is 12.1. The number of nitrogens with zero attached hydrogens (tertiary/aromatic N) is 2. The van der Waals surface area contributed by atoms with Gasteiger partial charge < -0.3 is 4.74 Å². The van der Waals surface area contributed by atoms with Crippen molar-refractivity contribution in [2.45, 2.75) is 33.7 Å². The highest BCUT2D eigenvalue weighted by Crippen LogP contribution is 2.32. The summed E-state index contributed by atoms with van der Waals surface area (Å²) in [7, 11) is 0. The molecule has 19 heavy (non-hydrogen) atoms. The summed E-state index contributed by atoms with van der Waals surface area (Å²) in [6.07, 6.45) is 1.87. The first-order chi connectivity index (χ1) is 8.94. The molecule has 2 rings (SSSR count). The standard InChI is InChI=1S/C14H18N2O3/c1-4-19-11-6-5-10(15-8-11)9-16-12(17)7-14(2,3)13(16)18/h5-6,8H,4,7,9H2,1-3H3. The van der Waals surface area contributed by atoms with Crippen LogP contribution in [0.25, 0.3) is 0 Å². The van der Waals surface area contributed by atoms with Gasteiger partial charge in [-0.2, -0.15) is 0 Å². The minimum Gasteiger partial charge on any atom is -0.492 e. The molecule has 0 unspecified atom stereocenters. The number of hydrogen-bond donors (Lipinski definition) is 0. The lowest BCUT2D eigenvalue weighted by atomic mass is 9.92. The summed E-state index contributed by atoms with van der Waals surface area (Å²) >= 11 is 0. The van der Waals surface area contributed by atoms with E-state index in [9.17, 15) is 9.59 Å². The molecular weight excluding hydrogens is 244 g/mol. The molecule has 0 aromatic carbocycles. The average Bonchev–Trinajstić information content (AvgIpc) is 2.54. The van der Waals surface area contributed by atoms with Gasteiger partial charge >= 0.3 is 0 Å². The van der Waals surface area contributed by atoms with E-state index < -0.39 is 5.41 Å². The smallest absolute Gasteiger partial charge is 0.235 e. The number of carbonyl (C=O) groups excluding carboxylic acids is 2. The molecule has 2 amide bonds. The van der Waals surface area contributed by atoms with Gasteiger partial charge in [-0.05, 0) is 19.1 Å². The van der Waals surface area contributed by atoms with Crippen molar-refractivity contribution in [2.75, 3.05) is 6.61 Å². The van der Waals surface area contributed by atoms with E-state index >= 15 is 0 Å². The first-order valence-corrected chi connectivity index (χ1v) is 6.36. The third-order valence-electron chi connectivity index (χ3n) is 3.15. The number of ether oxygens (including phenoxy) is 1. The number of rotatable bonds is 4. The van der Waals surface area contributed by atoms with E-state index in [1.807, 2.05) is 6.92 Å². The van der Waals surface area contributed by atoms with E-state index in [1.165, 1.54) is 4.90 Å². The second-order valence-corrected chi connectivity index (χ2v) is 5.26. The van der Waals surface area contributed by atoms with E-state index in [0.29, 0.717) is 18.1 Å². The molecule has 1 fully saturated rings. The van der Waals surface area contributed by atoms with Crippen LogP contribution in [0.2, 0.25) is 0 Å². The summed E-state index contributed by atoms with van der Waals surface area (Å²) in [6, 6.07) is 3.57. The van der Waals surface area contributed by atoms with Crippen LogP contribution in [0.4, 0.5) is 0 Å². The highest BCUT2D eigenvalue weighted by molar-refractivity contribution is 6.05. The summed E-state index contributed by atoms with van der Waals surface area (Å²) in [6.45, 7) is 6.29. The predicted octanol–water partition coefficient (Wildman–Crippen LogP) is 1.77. The van der Waals surface area contributed by atoms with Crippen LogP contribution in [-0.2, 0) is 16.1 Å². The van der Waals surface area contributed by atoms with Gasteiger partial charge in [-0.15, -0.1) is 0 Å². The summed E-state index contributed by atoms with van der Waals surface area (Å²) < 4.78 is 5.30. The van der Waals surface area contributed by atoms with Gasteiger partial charge in [0.1, 0.15) is 5.75 Å². The zero-order valence-corrected chi connectivity index (χ0v) is 11.5. The van der Waals surface area contributed by atoms with Crippen LogP contribution in [0.3, 0.4) is 0 Å². The minimum atomic E-state index is -0.595. The second kappa shape index (κ2) is 4.99. The summed E-state index contributed by atoms with van der Waals surface area (Å²) in [5.74, 6) is 0.421. The molecule has 0 atom stereocenters. The fraction of sp³-hybridized carbons (Fsp3) is 0.500. The lowest BCUT2D eigenvalue weighted by Gasteiger charge is -2.17. The molecule has 0 N–H and O–H groups in total. The van der Waals surface area contributed by atoms with Gasteiger partial charge in [0.2, 0.25) is 11.8 Å². The van der Waals surface area contributed by atoms with Gasteiger partial charge in [-0.3, -0.25) is 19.5 Å². The van der Waals surface area contributed by atoms with Crippen molar-refractivity contribution in [2.24, 2.45) is 5.41 Å². The van der Waals surface area contributed by atoms with E-state index in [2.05, 4.69) is 4.98 Å². The van der Waals surface area contributed by atoms with Crippen LogP contribution in [0.15, 0.2) is 18.3 Å². The topological polar surface area (TPSA) is 59.5 Å². The summed E-state index contributed by atoms with van der Waals surface area (Å²) in [5.41, 5.74) is 0.0883. The molecule has 0 bridgehead atoms. The molecule has 1 aromatic heterocycles. The highest BCUT2D eigenvalue weighted by atomic mass is 16.5. The third-order valence-corrected chi connectivity index (χ3v) is 3.15. The van der Waals surface area contributed by atoms with Crippen LogP contribution >= 0.6 is 0 Å². The average molecular weight is 262 g/mol. The van der Waals surface area contributed by atoms with E-state index in [1.54, 1.807) is 32.2 Å². The van der Waals surface area contributed by atoms with Crippen LogP contribution in [0, 0.1) is 5.41 Å². The molecule has 1 saturated heterocycles. The molecule has 1 aliphatic rings. The van der Waals surface area contributed by atoms with Crippen molar-refractivity contribution in [1.29, 1.82) is 0 Å². The molecule has 1 aliphatic heterocycles. The molecule has 0 saturated carbocycles. The molecule has 1 aromatic rings. The maximum Gasteiger partial charge on any atom is 0.235 e.